The molecule has 1 aromatic carbocycles. The predicted octanol–water partition coefficient (Wildman–Crippen LogP) is 2.02. The summed E-state index contributed by atoms with van der Waals surface area (Å²) in [4.78, 5) is 13.3. The molecule has 1 saturated heterocycles. The Morgan fingerprint density at radius 2 is 1.93 bits per heavy atom. The van der Waals surface area contributed by atoms with E-state index in [2.05, 4.69) is 19.1 Å². The molecule has 0 N–H and O–H groups in total. The van der Waals surface area contributed by atoms with E-state index in [1.807, 2.05) is 30.1 Å². The van der Waals surface area contributed by atoms with Crippen LogP contribution in [0.25, 0.3) is 0 Å². The van der Waals surface area contributed by atoms with Crippen molar-refractivity contribution in [3.05, 3.63) is 35.9 Å². The maximum Gasteiger partial charge on any atom is 0.223 e. The molecule has 1 fully saturated rings. The van der Waals surface area contributed by atoms with Gasteiger partial charge < -0.3 is 4.90 Å². The lowest BCUT2D eigenvalue weighted by atomic mass is 9.93. The zero-order chi connectivity index (χ0) is 10.1. The summed E-state index contributed by atoms with van der Waals surface area (Å²) >= 11 is 0. The highest BCUT2D eigenvalue weighted by molar-refractivity contribution is 5.80. The van der Waals surface area contributed by atoms with Crippen molar-refractivity contribution in [2.45, 2.75) is 25.3 Å². The zero-order valence-electron chi connectivity index (χ0n) is 8.60. The third kappa shape index (κ3) is 1.41. The van der Waals surface area contributed by atoms with Crippen molar-refractivity contribution in [3.8, 4) is 0 Å². The highest BCUT2D eigenvalue weighted by atomic mass is 16.2. The van der Waals surface area contributed by atoms with Gasteiger partial charge in [0.1, 0.15) is 0 Å². The molecule has 1 aromatic rings. The normalized spacial score (nSPS) is 27.0. The van der Waals surface area contributed by atoms with Crippen LogP contribution in [0.3, 0.4) is 0 Å². The lowest BCUT2D eigenvalue weighted by Crippen LogP contribution is -2.27. The van der Waals surface area contributed by atoms with Crippen molar-refractivity contribution in [1.82, 2.24) is 4.90 Å². The van der Waals surface area contributed by atoms with Crippen molar-refractivity contribution in [2.75, 3.05) is 7.05 Å². The average Bonchev–Trinajstić information content (AvgIpc) is 2.47. The Balaban J connectivity index is 2.26. The van der Waals surface area contributed by atoms with E-state index < -0.39 is 0 Å². The first-order valence-corrected chi connectivity index (χ1v) is 5.00. The topological polar surface area (TPSA) is 20.3 Å². The maximum atomic E-state index is 11.5. The lowest BCUT2D eigenvalue weighted by Gasteiger charge is -2.20. The smallest absolute Gasteiger partial charge is 0.223 e. The molecule has 1 aliphatic rings. The molecule has 1 heterocycles. The molecular weight excluding hydrogens is 174 g/mol. The quantitative estimate of drug-likeness (QED) is 0.662. The van der Waals surface area contributed by atoms with Gasteiger partial charge in [-0.15, -0.1) is 0 Å². The predicted molar refractivity (Wildman–Crippen MR) is 56.0 cm³/mol. The number of benzene rings is 1. The molecule has 2 heteroatoms. The van der Waals surface area contributed by atoms with Crippen LogP contribution >= 0.6 is 0 Å². The highest BCUT2D eigenvalue weighted by Crippen LogP contribution is 2.32. The first kappa shape index (κ1) is 9.25. The third-order valence-electron chi connectivity index (χ3n) is 3.21. The average molecular weight is 189 g/mol. The third-order valence-corrected chi connectivity index (χ3v) is 3.21. The van der Waals surface area contributed by atoms with E-state index in [0.29, 0.717) is 18.4 Å². The van der Waals surface area contributed by atoms with Crippen LogP contribution in [0.5, 0.6) is 0 Å². The van der Waals surface area contributed by atoms with Gasteiger partial charge in [-0.3, -0.25) is 4.79 Å². The van der Waals surface area contributed by atoms with E-state index in [1.54, 1.807) is 0 Å². The largest absolute Gasteiger partial charge is 0.342 e. The van der Waals surface area contributed by atoms with Crippen molar-refractivity contribution in [1.29, 1.82) is 0 Å². The Morgan fingerprint density at radius 1 is 1.29 bits per heavy atom. The van der Waals surface area contributed by atoms with Gasteiger partial charge in [0.15, 0.2) is 0 Å². The summed E-state index contributed by atoms with van der Waals surface area (Å²) in [6, 6.07) is 10.6. The highest BCUT2D eigenvalue weighted by Gasteiger charge is 2.34. The molecule has 0 aromatic heterocycles. The minimum atomic E-state index is 0.256. The molecular formula is C12H15NO. The van der Waals surface area contributed by atoms with Gasteiger partial charge >= 0.3 is 0 Å². The van der Waals surface area contributed by atoms with Gasteiger partial charge in [-0.05, 0) is 12.5 Å². The minimum Gasteiger partial charge on any atom is -0.342 e. The first-order valence-electron chi connectivity index (χ1n) is 5.00. The van der Waals surface area contributed by atoms with E-state index in [-0.39, 0.29) is 5.91 Å². The Bertz CT molecular complexity index is 333. The van der Waals surface area contributed by atoms with E-state index in [9.17, 15) is 4.79 Å². The zero-order valence-corrected chi connectivity index (χ0v) is 8.60. The molecule has 0 saturated carbocycles. The monoisotopic (exact) mass is 189 g/mol. The van der Waals surface area contributed by atoms with Crippen molar-refractivity contribution >= 4 is 5.91 Å². The Hall–Kier alpha value is -1.31. The molecule has 2 atom stereocenters. The molecule has 0 aliphatic carbocycles. The summed E-state index contributed by atoms with van der Waals surface area (Å²) in [5.41, 5.74) is 1.28. The van der Waals surface area contributed by atoms with Crippen LogP contribution in [-0.4, -0.2) is 23.9 Å². The van der Waals surface area contributed by atoms with Crippen LogP contribution < -0.4 is 0 Å². The molecule has 2 nitrogen and oxygen atoms in total. The van der Waals surface area contributed by atoms with E-state index in [0.717, 1.165) is 0 Å². The summed E-state index contributed by atoms with van der Waals surface area (Å²) in [6.45, 7) is 2.11. The molecule has 0 spiro atoms. The van der Waals surface area contributed by atoms with Crippen molar-refractivity contribution < 1.29 is 4.79 Å². The fourth-order valence-electron chi connectivity index (χ4n) is 2.10. The number of likely N-dealkylation sites (tertiary alicyclic amines) is 1. The van der Waals surface area contributed by atoms with Gasteiger partial charge in [-0.2, -0.15) is 0 Å². The summed E-state index contributed by atoms with van der Waals surface area (Å²) in [5.74, 6) is 0.625. The molecule has 0 radical (unpaired) electrons. The van der Waals surface area contributed by atoms with Gasteiger partial charge in [-0.1, -0.05) is 30.3 Å². The molecule has 14 heavy (non-hydrogen) atoms. The number of hydrogen-bond donors (Lipinski definition) is 0. The second-order valence-electron chi connectivity index (χ2n) is 3.97. The summed E-state index contributed by atoms with van der Waals surface area (Å²) in [5, 5.41) is 0. The number of hydrogen-bond acceptors (Lipinski definition) is 1. The van der Waals surface area contributed by atoms with Gasteiger partial charge in [0.05, 0.1) is 0 Å². The molecule has 1 amide bonds. The Labute approximate surface area is 84.5 Å². The van der Waals surface area contributed by atoms with Crippen LogP contribution in [0.1, 0.15) is 24.8 Å². The molecule has 2 rings (SSSR count). The fourth-order valence-corrected chi connectivity index (χ4v) is 2.10. The molecule has 2 unspecified atom stereocenters. The number of rotatable bonds is 1. The van der Waals surface area contributed by atoms with Crippen LogP contribution in [0.4, 0.5) is 0 Å². The summed E-state index contributed by atoms with van der Waals surface area (Å²) < 4.78 is 0. The first-order chi connectivity index (χ1) is 6.70. The second-order valence-corrected chi connectivity index (χ2v) is 3.97. The van der Waals surface area contributed by atoms with Crippen LogP contribution in [0, 0.1) is 0 Å². The SMILES string of the molecule is CC1C(c2ccccc2)CC(=O)N1C. The molecule has 1 aliphatic heterocycles. The molecule has 74 valence electrons. The fraction of sp³-hybridized carbons (Fsp3) is 0.417. The number of amides is 1. The van der Waals surface area contributed by atoms with E-state index >= 15 is 0 Å². The maximum absolute atomic E-state index is 11.5. The number of carbonyl (C=O) groups excluding carboxylic acids is 1. The molecule has 0 bridgehead atoms. The second kappa shape index (κ2) is 3.45. The van der Waals surface area contributed by atoms with E-state index in [4.69, 9.17) is 0 Å². The van der Waals surface area contributed by atoms with E-state index in [1.165, 1.54) is 5.56 Å². The van der Waals surface area contributed by atoms with Crippen molar-refractivity contribution in [3.63, 3.8) is 0 Å². The van der Waals surface area contributed by atoms with Gasteiger partial charge in [0.25, 0.3) is 0 Å². The van der Waals surface area contributed by atoms with Gasteiger partial charge in [0.2, 0.25) is 5.91 Å². The summed E-state index contributed by atoms with van der Waals surface area (Å²) in [6.07, 6.45) is 0.654. The van der Waals surface area contributed by atoms with Crippen LogP contribution in [-0.2, 0) is 4.79 Å². The Morgan fingerprint density at radius 3 is 2.43 bits per heavy atom. The van der Waals surface area contributed by atoms with Crippen LogP contribution in [0.2, 0.25) is 0 Å². The minimum absolute atomic E-state index is 0.256. The lowest BCUT2D eigenvalue weighted by molar-refractivity contribution is -0.127. The van der Waals surface area contributed by atoms with Gasteiger partial charge in [-0.25, -0.2) is 0 Å². The number of likely N-dealkylation sites (N-methyl/N-ethyl adjacent to an activating group) is 1. The standard InChI is InChI=1S/C12H15NO/c1-9-11(8-12(14)13(9)2)10-6-4-3-5-7-10/h3-7,9,11H,8H2,1-2H3. The summed E-state index contributed by atoms with van der Waals surface area (Å²) in [7, 11) is 1.88. The number of carbonyl (C=O) groups is 1. The van der Waals surface area contributed by atoms with Crippen molar-refractivity contribution in [2.24, 2.45) is 0 Å². The van der Waals surface area contributed by atoms with Gasteiger partial charge in [0, 0.05) is 25.4 Å². The van der Waals surface area contributed by atoms with Crippen LogP contribution in [0.15, 0.2) is 30.3 Å². The number of nitrogens with zero attached hydrogens (tertiary/aromatic N) is 1. The Kier molecular flexibility index (Phi) is 2.28.